The Morgan fingerprint density at radius 1 is 0.603 bits per heavy atom. The number of rotatable bonds is 6. The maximum absolute atomic E-state index is 4.00. The summed E-state index contributed by atoms with van der Waals surface area (Å²) in [6.07, 6.45) is 13.6. The molecular weight excluding hydrogens is 823 g/mol. The van der Waals surface area contributed by atoms with Gasteiger partial charge in [-0.15, -0.1) is 35.2 Å². The SMILES string of the molecule is CC(C)(C)c1cc2c([c-]c1-c1cccc3ccccc13)Cc1cc(-c3cccc4ccccc34)c(C(C)(C)C)cc1-2.CC(C)C[C](=[Zr+2])CC(C)C.[C-]1=CC=CC1.[Cl-].[Cl-]. The molecule has 0 amide bonds. The molecule has 0 spiro atoms. The van der Waals surface area contributed by atoms with Gasteiger partial charge >= 0.3 is 79.8 Å². The molecule has 0 heterocycles. The topological polar surface area (TPSA) is 0 Å². The van der Waals surface area contributed by atoms with Gasteiger partial charge in [0.1, 0.15) is 0 Å². The van der Waals surface area contributed by atoms with Crippen LogP contribution in [-0.2, 0) is 41.5 Å². The van der Waals surface area contributed by atoms with Gasteiger partial charge in [-0.2, -0.15) is 6.08 Å². The first kappa shape index (κ1) is 47.3. The fraction of sp³-hybridized carbons (Fsp3) is 0.327. The zero-order chi connectivity index (χ0) is 40.2. The molecule has 0 saturated carbocycles. The summed E-state index contributed by atoms with van der Waals surface area (Å²) in [4.78, 5) is 0. The van der Waals surface area contributed by atoms with Gasteiger partial charge in [0.05, 0.1) is 0 Å². The fourth-order valence-electron chi connectivity index (χ4n) is 8.16. The summed E-state index contributed by atoms with van der Waals surface area (Å²) in [6.45, 7) is 23.2. The first-order valence-corrected chi connectivity index (χ1v) is 21.9. The normalized spacial score (nSPS) is 12.7. The van der Waals surface area contributed by atoms with Crippen molar-refractivity contribution in [1.29, 1.82) is 0 Å². The summed E-state index contributed by atoms with van der Waals surface area (Å²) >= 11 is 1.65. The Kier molecular flexibility index (Phi) is 16.5. The number of allylic oxidation sites excluding steroid dienone is 4. The molecule has 0 radical (unpaired) electrons. The van der Waals surface area contributed by atoms with E-state index in [2.05, 4.69) is 191 Å². The van der Waals surface area contributed by atoms with E-state index in [0.717, 1.165) is 24.7 Å². The van der Waals surface area contributed by atoms with Crippen LogP contribution in [0.1, 0.15) is 111 Å². The van der Waals surface area contributed by atoms with Crippen molar-refractivity contribution in [3.05, 3.63) is 156 Å². The number of hydrogen-bond donors (Lipinski definition) is 0. The van der Waals surface area contributed by atoms with Crippen molar-refractivity contribution in [2.45, 2.75) is 106 Å². The van der Waals surface area contributed by atoms with Crippen molar-refractivity contribution in [1.82, 2.24) is 0 Å². The van der Waals surface area contributed by atoms with Gasteiger partial charge in [0.15, 0.2) is 0 Å². The Hall–Kier alpha value is -3.35. The van der Waals surface area contributed by atoms with Crippen LogP contribution in [0.2, 0.25) is 0 Å². The van der Waals surface area contributed by atoms with Gasteiger partial charge in [-0.1, -0.05) is 161 Å². The minimum Gasteiger partial charge on any atom is -1.00 e. The molecule has 2 aliphatic carbocycles. The van der Waals surface area contributed by atoms with Gasteiger partial charge in [0, 0.05) is 0 Å². The first-order valence-electron chi connectivity index (χ1n) is 20.6. The summed E-state index contributed by atoms with van der Waals surface area (Å²) in [5.41, 5.74) is 13.4. The Morgan fingerprint density at radius 3 is 1.62 bits per heavy atom. The Labute approximate surface area is 377 Å². The van der Waals surface area contributed by atoms with Crippen LogP contribution in [0, 0.1) is 24.0 Å². The molecule has 2 aliphatic rings. The van der Waals surface area contributed by atoms with Crippen molar-refractivity contribution in [3.8, 4) is 33.4 Å². The van der Waals surface area contributed by atoms with Crippen LogP contribution in [0.25, 0.3) is 54.9 Å². The molecule has 0 nitrogen and oxygen atoms in total. The smallest absolute Gasteiger partial charge is 0.109 e. The van der Waals surface area contributed by atoms with Crippen LogP contribution in [0.4, 0.5) is 0 Å². The van der Waals surface area contributed by atoms with E-state index in [1.807, 2.05) is 12.2 Å². The van der Waals surface area contributed by atoms with E-state index in [0.29, 0.717) is 0 Å². The molecule has 3 heteroatoms. The molecule has 0 unspecified atom stereocenters. The molecular formula is C55H60Cl2Zr-2. The second kappa shape index (κ2) is 20.3. The third-order valence-corrected chi connectivity index (χ3v) is 11.7. The number of fused-ring (bicyclic) bond motifs is 5. The molecule has 0 fully saturated rings. The Morgan fingerprint density at radius 2 is 1.12 bits per heavy atom. The largest absolute Gasteiger partial charge is 1.00 e. The number of halogens is 2. The summed E-state index contributed by atoms with van der Waals surface area (Å²) < 4.78 is 1.75. The quantitative estimate of drug-likeness (QED) is 0.146. The van der Waals surface area contributed by atoms with Crippen molar-refractivity contribution in [3.63, 3.8) is 0 Å². The monoisotopic (exact) mass is 880 g/mol. The summed E-state index contributed by atoms with van der Waals surface area (Å²) in [7, 11) is 0. The first-order chi connectivity index (χ1) is 26.6. The average molecular weight is 883 g/mol. The minimum atomic E-state index is -0.0175. The van der Waals surface area contributed by atoms with Crippen molar-refractivity contribution < 1.29 is 49.0 Å². The molecule has 58 heavy (non-hydrogen) atoms. The zero-order valence-corrected chi connectivity index (χ0v) is 40.3. The Balaban J connectivity index is 0.000000372. The second-order valence-electron chi connectivity index (χ2n) is 18.5. The van der Waals surface area contributed by atoms with Crippen LogP contribution >= 0.6 is 0 Å². The van der Waals surface area contributed by atoms with Gasteiger partial charge in [-0.3, -0.25) is 6.08 Å². The van der Waals surface area contributed by atoms with E-state index in [4.69, 9.17) is 0 Å². The maximum atomic E-state index is 4.00. The second-order valence-corrected chi connectivity index (χ2v) is 20.3. The molecule has 0 saturated heterocycles. The summed E-state index contributed by atoms with van der Waals surface area (Å²) in [5, 5.41) is 5.17. The van der Waals surface area contributed by atoms with Crippen LogP contribution in [0.15, 0.2) is 121 Å². The molecule has 0 bridgehead atoms. The maximum Gasteiger partial charge on any atom is -0.109 e. The number of hydrogen-bond acceptors (Lipinski definition) is 0. The van der Waals surface area contributed by atoms with E-state index >= 15 is 0 Å². The van der Waals surface area contributed by atoms with Crippen LogP contribution in [-0.4, -0.2) is 3.21 Å². The van der Waals surface area contributed by atoms with E-state index in [9.17, 15) is 0 Å². The summed E-state index contributed by atoms with van der Waals surface area (Å²) in [5.74, 6) is 1.71. The molecule has 0 aliphatic heterocycles. The molecule has 0 N–H and O–H groups in total. The predicted octanol–water partition coefficient (Wildman–Crippen LogP) is 9.40. The Bertz CT molecular complexity index is 2240. The van der Waals surface area contributed by atoms with Gasteiger partial charge in [-0.25, -0.2) is 12.2 Å². The van der Waals surface area contributed by atoms with Crippen molar-refractivity contribution in [2.24, 2.45) is 11.8 Å². The van der Waals surface area contributed by atoms with E-state index in [1.54, 1.807) is 27.4 Å². The molecule has 6 aromatic carbocycles. The van der Waals surface area contributed by atoms with Gasteiger partial charge in [0.25, 0.3) is 0 Å². The molecule has 8 rings (SSSR count). The van der Waals surface area contributed by atoms with Gasteiger partial charge in [0.2, 0.25) is 0 Å². The average Bonchev–Trinajstić information content (AvgIpc) is 3.84. The third kappa shape index (κ3) is 11.3. The van der Waals surface area contributed by atoms with E-state index in [1.165, 1.54) is 90.0 Å². The molecule has 0 aromatic heterocycles. The minimum absolute atomic E-state index is 0. The van der Waals surface area contributed by atoms with Crippen molar-refractivity contribution in [2.75, 3.05) is 0 Å². The fourth-order valence-corrected chi connectivity index (χ4v) is 10.2. The number of benzene rings is 6. The predicted molar refractivity (Wildman–Crippen MR) is 242 cm³/mol. The molecule has 300 valence electrons. The van der Waals surface area contributed by atoms with E-state index in [-0.39, 0.29) is 35.6 Å². The van der Waals surface area contributed by atoms with Gasteiger partial charge < -0.3 is 24.8 Å². The molecule has 0 atom stereocenters. The van der Waals surface area contributed by atoms with Crippen LogP contribution in [0.5, 0.6) is 0 Å². The van der Waals surface area contributed by atoms with Crippen LogP contribution in [0.3, 0.4) is 0 Å². The molecule has 6 aromatic rings. The third-order valence-electron chi connectivity index (χ3n) is 10.7. The standard InChI is InChI=1S/C41H37.C9H18.C5H5.2ClH.Zr/c1-40(2,3)38-24-34-28(22-36(38)32-19-11-15-26-13-7-9-17-30(26)32)21-29-23-37(39(25-35(29)34)41(4,5)6)33-20-12-16-27-14-8-10-18-31(27)33;1-8(2)6-5-7-9(3)4;1-2-4-5-3-1;;;/h7-20,22,24-25H,21H2,1-6H3;8-9H,6-7H2,1-4H3;1-3H,4H2;2*1H;/q-1;;-1;;;+2/p-2. The summed E-state index contributed by atoms with van der Waals surface area (Å²) in [6, 6.07) is 42.4. The van der Waals surface area contributed by atoms with E-state index < -0.39 is 0 Å². The van der Waals surface area contributed by atoms with Gasteiger partial charge in [-0.05, 0) is 55.7 Å². The van der Waals surface area contributed by atoms with Crippen molar-refractivity contribution >= 4 is 24.8 Å². The zero-order valence-electron chi connectivity index (χ0n) is 36.3. The van der Waals surface area contributed by atoms with Crippen LogP contribution < -0.4 is 24.8 Å².